The summed E-state index contributed by atoms with van der Waals surface area (Å²) in [6.45, 7) is 10.1. The zero-order chi connectivity index (χ0) is 14.1. The van der Waals surface area contributed by atoms with Gasteiger partial charge in [0.1, 0.15) is 5.60 Å². The largest absolute Gasteiger partial charge is 0.455 e. The lowest BCUT2D eigenvalue weighted by atomic mass is 9.74. The molecule has 0 aromatic heterocycles. The number of esters is 1. The van der Waals surface area contributed by atoms with Crippen LogP contribution >= 0.6 is 0 Å². The Morgan fingerprint density at radius 3 is 2.26 bits per heavy atom. The van der Waals surface area contributed by atoms with Gasteiger partial charge in [0.25, 0.3) is 0 Å². The highest BCUT2D eigenvalue weighted by Crippen LogP contribution is 2.52. The fourth-order valence-electron chi connectivity index (χ4n) is 3.96. The van der Waals surface area contributed by atoms with Crippen LogP contribution in [0, 0.1) is 11.3 Å². The van der Waals surface area contributed by atoms with E-state index in [0.29, 0.717) is 16.9 Å². The summed E-state index contributed by atoms with van der Waals surface area (Å²) in [6.07, 6.45) is 9.57. The lowest BCUT2D eigenvalue weighted by molar-refractivity contribution is -0.163. The Bertz CT molecular complexity index is 363. The number of carbonyl (C=O) groups excluding carboxylic acids is 1. The van der Waals surface area contributed by atoms with Gasteiger partial charge in [0.2, 0.25) is 0 Å². The standard InChI is InChI=1S/C17H28O2/c1-13(2)15(18)19-17(11-10-16(3,4)12-17)14-8-6-5-7-9-14/h14H,1,5-12H2,2-4H3. The Labute approximate surface area is 117 Å². The van der Waals surface area contributed by atoms with Gasteiger partial charge in [-0.2, -0.15) is 0 Å². The second-order valence-corrected chi connectivity index (χ2v) is 7.41. The van der Waals surface area contributed by atoms with Crippen LogP contribution in [0.25, 0.3) is 0 Å². The van der Waals surface area contributed by atoms with E-state index in [1.54, 1.807) is 6.92 Å². The van der Waals surface area contributed by atoms with Crippen LogP contribution in [0.4, 0.5) is 0 Å². The van der Waals surface area contributed by atoms with Crippen molar-refractivity contribution in [3.05, 3.63) is 12.2 Å². The van der Waals surface area contributed by atoms with Crippen LogP contribution in [0.1, 0.15) is 72.1 Å². The minimum Gasteiger partial charge on any atom is -0.455 e. The maximum atomic E-state index is 12.0. The quantitative estimate of drug-likeness (QED) is 0.548. The summed E-state index contributed by atoms with van der Waals surface area (Å²) in [5, 5.41) is 0. The molecule has 0 spiro atoms. The first kappa shape index (κ1) is 14.6. The minimum atomic E-state index is -0.208. The molecule has 0 saturated heterocycles. The number of hydrogen-bond donors (Lipinski definition) is 0. The topological polar surface area (TPSA) is 26.3 Å². The molecular weight excluding hydrogens is 236 g/mol. The van der Waals surface area contributed by atoms with Crippen molar-refractivity contribution in [2.24, 2.45) is 11.3 Å². The summed E-state index contributed by atoms with van der Waals surface area (Å²) in [6, 6.07) is 0. The van der Waals surface area contributed by atoms with Gasteiger partial charge >= 0.3 is 5.97 Å². The molecule has 1 atom stereocenters. The van der Waals surface area contributed by atoms with E-state index in [-0.39, 0.29) is 11.6 Å². The predicted molar refractivity (Wildman–Crippen MR) is 77.8 cm³/mol. The van der Waals surface area contributed by atoms with E-state index in [1.165, 1.54) is 32.1 Å². The summed E-state index contributed by atoms with van der Waals surface area (Å²) in [5.41, 5.74) is 0.618. The molecule has 2 aliphatic rings. The Hall–Kier alpha value is -0.790. The van der Waals surface area contributed by atoms with Crippen LogP contribution in [0.2, 0.25) is 0 Å². The molecule has 0 N–H and O–H groups in total. The number of ether oxygens (including phenoxy) is 1. The van der Waals surface area contributed by atoms with E-state index >= 15 is 0 Å². The van der Waals surface area contributed by atoms with Crippen LogP contribution in [0.5, 0.6) is 0 Å². The predicted octanol–water partition coefficient (Wildman–Crippen LogP) is 4.63. The molecule has 0 aromatic carbocycles. The summed E-state index contributed by atoms with van der Waals surface area (Å²) < 4.78 is 6.00. The molecule has 0 amide bonds. The molecule has 0 radical (unpaired) electrons. The van der Waals surface area contributed by atoms with Gasteiger partial charge in [-0.3, -0.25) is 0 Å². The van der Waals surface area contributed by atoms with Crippen molar-refractivity contribution in [3.63, 3.8) is 0 Å². The summed E-state index contributed by atoms with van der Waals surface area (Å²) >= 11 is 0. The molecule has 19 heavy (non-hydrogen) atoms. The van der Waals surface area contributed by atoms with Crippen LogP contribution in [-0.4, -0.2) is 11.6 Å². The molecule has 0 bridgehead atoms. The van der Waals surface area contributed by atoms with Gasteiger partial charge in [-0.1, -0.05) is 39.7 Å². The Balaban J connectivity index is 2.18. The lowest BCUT2D eigenvalue weighted by Gasteiger charge is -2.40. The third-order valence-corrected chi connectivity index (χ3v) is 5.00. The fraction of sp³-hybridized carbons (Fsp3) is 0.824. The molecule has 2 rings (SSSR count). The number of rotatable bonds is 3. The zero-order valence-electron chi connectivity index (χ0n) is 12.8. The van der Waals surface area contributed by atoms with E-state index in [1.807, 2.05) is 0 Å². The molecule has 2 heteroatoms. The van der Waals surface area contributed by atoms with E-state index in [9.17, 15) is 4.79 Å². The second-order valence-electron chi connectivity index (χ2n) is 7.41. The van der Waals surface area contributed by atoms with Crippen molar-refractivity contribution in [3.8, 4) is 0 Å². The molecular formula is C17H28O2. The van der Waals surface area contributed by atoms with Crippen molar-refractivity contribution in [2.45, 2.75) is 77.7 Å². The van der Waals surface area contributed by atoms with Crippen LogP contribution in [0.3, 0.4) is 0 Å². The van der Waals surface area contributed by atoms with E-state index < -0.39 is 0 Å². The van der Waals surface area contributed by atoms with Gasteiger partial charge in [-0.15, -0.1) is 0 Å². The number of carbonyl (C=O) groups is 1. The minimum absolute atomic E-state index is 0.191. The van der Waals surface area contributed by atoms with E-state index in [2.05, 4.69) is 20.4 Å². The van der Waals surface area contributed by atoms with Gasteiger partial charge in [0.05, 0.1) is 0 Å². The monoisotopic (exact) mass is 264 g/mol. The Kier molecular flexibility index (Phi) is 4.08. The maximum absolute atomic E-state index is 12.0. The van der Waals surface area contributed by atoms with Gasteiger partial charge in [-0.25, -0.2) is 4.79 Å². The third-order valence-electron chi connectivity index (χ3n) is 5.00. The molecule has 2 saturated carbocycles. The molecule has 2 fully saturated rings. The zero-order valence-corrected chi connectivity index (χ0v) is 12.8. The van der Waals surface area contributed by atoms with Gasteiger partial charge in [0.15, 0.2) is 0 Å². The fourth-order valence-corrected chi connectivity index (χ4v) is 3.96. The molecule has 2 aliphatic carbocycles. The first-order valence-corrected chi connectivity index (χ1v) is 7.74. The SMILES string of the molecule is C=C(C)C(=O)OC1(C2CCCCC2)CCC(C)(C)C1. The van der Waals surface area contributed by atoms with Crippen LogP contribution < -0.4 is 0 Å². The Morgan fingerprint density at radius 1 is 1.16 bits per heavy atom. The molecule has 0 aromatic rings. The lowest BCUT2D eigenvalue weighted by Crippen LogP contribution is -2.42. The maximum Gasteiger partial charge on any atom is 0.333 e. The van der Waals surface area contributed by atoms with Gasteiger partial charge in [0, 0.05) is 5.57 Å². The van der Waals surface area contributed by atoms with Crippen molar-refractivity contribution in [2.75, 3.05) is 0 Å². The molecule has 108 valence electrons. The normalized spacial score (nSPS) is 31.1. The van der Waals surface area contributed by atoms with Crippen molar-refractivity contribution < 1.29 is 9.53 Å². The number of hydrogen-bond acceptors (Lipinski definition) is 2. The highest BCUT2D eigenvalue weighted by Gasteiger charge is 2.50. The molecule has 1 unspecified atom stereocenters. The highest BCUT2D eigenvalue weighted by atomic mass is 16.6. The summed E-state index contributed by atoms with van der Waals surface area (Å²) in [4.78, 5) is 12.0. The van der Waals surface area contributed by atoms with Gasteiger partial charge in [-0.05, 0) is 50.4 Å². The first-order valence-electron chi connectivity index (χ1n) is 7.74. The average molecular weight is 264 g/mol. The smallest absolute Gasteiger partial charge is 0.333 e. The van der Waals surface area contributed by atoms with Crippen molar-refractivity contribution in [1.82, 2.24) is 0 Å². The molecule has 0 heterocycles. The highest BCUT2D eigenvalue weighted by molar-refractivity contribution is 5.87. The van der Waals surface area contributed by atoms with E-state index in [0.717, 1.165) is 19.3 Å². The van der Waals surface area contributed by atoms with Gasteiger partial charge < -0.3 is 4.74 Å². The third kappa shape index (κ3) is 3.21. The summed E-state index contributed by atoms with van der Waals surface area (Å²) in [7, 11) is 0. The van der Waals surface area contributed by atoms with Crippen molar-refractivity contribution in [1.29, 1.82) is 0 Å². The van der Waals surface area contributed by atoms with Crippen molar-refractivity contribution >= 4 is 5.97 Å². The summed E-state index contributed by atoms with van der Waals surface area (Å²) in [5.74, 6) is 0.370. The van der Waals surface area contributed by atoms with E-state index in [4.69, 9.17) is 4.74 Å². The Morgan fingerprint density at radius 2 is 1.79 bits per heavy atom. The van der Waals surface area contributed by atoms with Crippen LogP contribution in [0.15, 0.2) is 12.2 Å². The first-order chi connectivity index (χ1) is 8.85. The van der Waals surface area contributed by atoms with Crippen LogP contribution in [-0.2, 0) is 9.53 Å². The molecule has 0 aliphatic heterocycles. The average Bonchev–Trinajstić information content (AvgIpc) is 2.67. The molecule has 2 nitrogen and oxygen atoms in total. The second kappa shape index (κ2) is 5.30.